The molecule has 0 aliphatic carbocycles. The predicted octanol–water partition coefficient (Wildman–Crippen LogP) is 2.72. The number of aromatic nitrogens is 1. The fourth-order valence-corrected chi connectivity index (χ4v) is 3.32. The summed E-state index contributed by atoms with van der Waals surface area (Å²) in [6.45, 7) is 2.04. The van der Waals surface area contributed by atoms with Crippen LogP contribution in [0.1, 0.15) is 35.3 Å². The Bertz CT molecular complexity index is 860. The van der Waals surface area contributed by atoms with Crippen LogP contribution in [0.3, 0.4) is 0 Å². The highest BCUT2D eigenvalue weighted by atomic mass is 16.5. The summed E-state index contributed by atoms with van der Waals surface area (Å²) < 4.78 is 11.9. The predicted molar refractivity (Wildman–Crippen MR) is 98.9 cm³/mol. The summed E-state index contributed by atoms with van der Waals surface area (Å²) in [7, 11) is 2.86. The van der Waals surface area contributed by atoms with Crippen molar-refractivity contribution < 1.29 is 14.3 Å². The Hall–Kier alpha value is -3.14. The van der Waals surface area contributed by atoms with Gasteiger partial charge in [-0.15, -0.1) is 0 Å². The molecule has 0 amide bonds. The molecule has 3 rings (SSSR count). The van der Waals surface area contributed by atoms with Crippen molar-refractivity contribution in [2.45, 2.75) is 19.3 Å². The first-order valence-electron chi connectivity index (χ1n) is 8.53. The molecule has 2 heterocycles. The molecular weight excluding hydrogens is 332 g/mol. The number of esters is 1. The van der Waals surface area contributed by atoms with Crippen molar-refractivity contribution in [1.82, 2.24) is 4.57 Å². The lowest BCUT2D eigenvalue weighted by atomic mass is 10.1. The number of nitrogens with zero attached hydrogens (tertiary/aromatic N) is 3. The first kappa shape index (κ1) is 17.7. The Morgan fingerprint density at radius 2 is 1.96 bits per heavy atom. The van der Waals surface area contributed by atoms with Crippen molar-refractivity contribution in [1.29, 1.82) is 5.26 Å². The molecule has 1 fully saturated rings. The standard InChI is InChI=1S/C19H22N4O3/c1-25-16-10-14(22-8-4-3-5-9-22)6-7-15(16)23-12-13(11-20)17(21)18(23)19(24)26-2/h6-7,10,12H,3-5,8-9,21H2,1-2H3. The van der Waals surface area contributed by atoms with Crippen LogP contribution in [0.2, 0.25) is 0 Å². The SMILES string of the molecule is COC(=O)c1c(N)c(C#N)cn1-c1ccc(N2CCCCC2)cc1OC. The molecule has 0 spiro atoms. The minimum Gasteiger partial charge on any atom is -0.494 e. The maximum absolute atomic E-state index is 12.2. The number of piperidine rings is 1. The summed E-state index contributed by atoms with van der Waals surface area (Å²) in [5, 5.41) is 9.27. The molecule has 2 N–H and O–H groups in total. The van der Waals surface area contributed by atoms with Crippen molar-refractivity contribution in [3.8, 4) is 17.5 Å². The van der Waals surface area contributed by atoms with Crippen LogP contribution in [-0.4, -0.2) is 37.8 Å². The minimum atomic E-state index is -0.605. The Balaban J connectivity index is 2.09. The molecule has 26 heavy (non-hydrogen) atoms. The Morgan fingerprint density at radius 3 is 2.58 bits per heavy atom. The largest absolute Gasteiger partial charge is 0.494 e. The normalized spacial score (nSPS) is 14.0. The van der Waals surface area contributed by atoms with E-state index >= 15 is 0 Å². The number of nitriles is 1. The highest BCUT2D eigenvalue weighted by Gasteiger charge is 2.24. The zero-order valence-electron chi connectivity index (χ0n) is 15.0. The molecule has 1 aromatic heterocycles. The van der Waals surface area contributed by atoms with E-state index in [0.717, 1.165) is 18.8 Å². The maximum Gasteiger partial charge on any atom is 0.357 e. The van der Waals surface area contributed by atoms with Gasteiger partial charge in [-0.25, -0.2) is 4.79 Å². The van der Waals surface area contributed by atoms with Gasteiger partial charge in [0.2, 0.25) is 0 Å². The highest BCUT2D eigenvalue weighted by Crippen LogP contribution is 2.33. The number of ether oxygens (including phenoxy) is 2. The van der Waals surface area contributed by atoms with Gasteiger partial charge in [0.05, 0.1) is 31.2 Å². The minimum absolute atomic E-state index is 0.0986. The maximum atomic E-state index is 12.2. The number of methoxy groups -OCH3 is 2. The quantitative estimate of drug-likeness (QED) is 0.849. The van der Waals surface area contributed by atoms with E-state index in [4.69, 9.17) is 15.2 Å². The van der Waals surface area contributed by atoms with E-state index in [1.807, 2.05) is 24.3 Å². The second-order valence-electron chi connectivity index (χ2n) is 6.18. The third kappa shape index (κ3) is 3.06. The second kappa shape index (κ2) is 7.40. The number of anilines is 2. The highest BCUT2D eigenvalue weighted by molar-refractivity contribution is 5.96. The molecule has 0 radical (unpaired) electrons. The number of benzene rings is 1. The number of carbonyl (C=O) groups is 1. The third-order valence-electron chi connectivity index (χ3n) is 4.69. The molecule has 136 valence electrons. The number of hydrogen-bond acceptors (Lipinski definition) is 6. The van der Waals surface area contributed by atoms with Crippen LogP contribution in [0.5, 0.6) is 5.75 Å². The number of nitrogen functional groups attached to an aromatic ring is 1. The van der Waals surface area contributed by atoms with Crippen molar-refractivity contribution in [2.24, 2.45) is 0 Å². The lowest BCUT2D eigenvalue weighted by Gasteiger charge is -2.29. The second-order valence-corrected chi connectivity index (χ2v) is 6.18. The molecule has 0 bridgehead atoms. The van der Waals surface area contributed by atoms with Crippen LogP contribution in [0, 0.1) is 11.3 Å². The molecule has 0 atom stereocenters. The summed E-state index contributed by atoms with van der Waals surface area (Å²) in [5.41, 5.74) is 8.11. The summed E-state index contributed by atoms with van der Waals surface area (Å²) in [6, 6.07) is 7.81. The fourth-order valence-electron chi connectivity index (χ4n) is 3.32. The molecular formula is C19H22N4O3. The van der Waals surface area contributed by atoms with Crippen LogP contribution in [-0.2, 0) is 4.74 Å². The third-order valence-corrected chi connectivity index (χ3v) is 4.69. The van der Waals surface area contributed by atoms with E-state index < -0.39 is 5.97 Å². The Kier molecular flexibility index (Phi) is 5.03. The smallest absolute Gasteiger partial charge is 0.357 e. The van der Waals surface area contributed by atoms with Gasteiger partial charge in [-0.3, -0.25) is 0 Å². The molecule has 1 aliphatic rings. The van der Waals surface area contributed by atoms with Crippen LogP contribution < -0.4 is 15.4 Å². The summed E-state index contributed by atoms with van der Waals surface area (Å²) in [5.74, 6) is -0.0103. The fraction of sp³-hybridized carbons (Fsp3) is 0.368. The number of nitrogens with two attached hydrogens (primary N) is 1. The van der Waals surface area contributed by atoms with Crippen LogP contribution in [0.15, 0.2) is 24.4 Å². The Morgan fingerprint density at radius 1 is 1.23 bits per heavy atom. The lowest BCUT2D eigenvalue weighted by Crippen LogP contribution is -2.29. The van der Waals surface area contributed by atoms with Crippen molar-refractivity contribution in [3.05, 3.63) is 35.7 Å². The Labute approximate surface area is 152 Å². The van der Waals surface area contributed by atoms with E-state index in [1.54, 1.807) is 11.7 Å². The average Bonchev–Trinajstić information content (AvgIpc) is 3.03. The van der Waals surface area contributed by atoms with E-state index in [9.17, 15) is 10.1 Å². The topological polar surface area (TPSA) is 93.5 Å². The molecule has 7 nitrogen and oxygen atoms in total. The number of carbonyl (C=O) groups excluding carboxylic acids is 1. The molecule has 1 aromatic carbocycles. The van der Waals surface area contributed by atoms with Crippen molar-refractivity contribution >= 4 is 17.3 Å². The average molecular weight is 354 g/mol. The van der Waals surface area contributed by atoms with Gasteiger partial charge in [0.1, 0.15) is 11.8 Å². The van der Waals surface area contributed by atoms with Gasteiger partial charge < -0.3 is 24.7 Å². The van der Waals surface area contributed by atoms with Gasteiger partial charge in [-0.1, -0.05) is 0 Å². The van der Waals surface area contributed by atoms with Crippen molar-refractivity contribution in [2.75, 3.05) is 37.9 Å². The van der Waals surface area contributed by atoms with Crippen LogP contribution in [0.25, 0.3) is 5.69 Å². The molecule has 0 unspecified atom stereocenters. The van der Waals surface area contributed by atoms with E-state index in [0.29, 0.717) is 11.4 Å². The van der Waals surface area contributed by atoms with Gasteiger partial charge in [0.25, 0.3) is 0 Å². The first-order chi connectivity index (χ1) is 12.6. The van der Waals surface area contributed by atoms with Gasteiger partial charge in [-0.2, -0.15) is 5.26 Å². The zero-order chi connectivity index (χ0) is 18.7. The van der Waals surface area contributed by atoms with Gasteiger partial charge in [-0.05, 0) is 31.4 Å². The van der Waals surface area contributed by atoms with Crippen LogP contribution in [0.4, 0.5) is 11.4 Å². The summed E-state index contributed by atoms with van der Waals surface area (Å²) in [6.07, 6.45) is 5.14. The monoisotopic (exact) mass is 354 g/mol. The van der Waals surface area contributed by atoms with E-state index in [2.05, 4.69) is 4.90 Å². The summed E-state index contributed by atoms with van der Waals surface area (Å²) in [4.78, 5) is 14.5. The van der Waals surface area contributed by atoms with Gasteiger partial charge in [0, 0.05) is 31.0 Å². The van der Waals surface area contributed by atoms with Crippen LogP contribution >= 0.6 is 0 Å². The molecule has 0 saturated carbocycles. The first-order valence-corrected chi connectivity index (χ1v) is 8.53. The lowest BCUT2D eigenvalue weighted by molar-refractivity contribution is 0.0593. The molecule has 7 heteroatoms. The molecule has 2 aromatic rings. The van der Waals surface area contributed by atoms with Gasteiger partial charge >= 0.3 is 5.97 Å². The van der Waals surface area contributed by atoms with Gasteiger partial charge in [0.15, 0.2) is 5.69 Å². The van der Waals surface area contributed by atoms with E-state index in [-0.39, 0.29) is 16.9 Å². The van der Waals surface area contributed by atoms with E-state index in [1.165, 1.54) is 32.6 Å². The summed E-state index contributed by atoms with van der Waals surface area (Å²) >= 11 is 0. The molecule has 1 saturated heterocycles. The molecule has 1 aliphatic heterocycles. The van der Waals surface area contributed by atoms with Crippen molar-refractivity contribution in [3.63, 3.8) is 0 Å². The number of hydrogen-bond donors (Lipinski definition) is 1. The number of rotatable bonds is 4. The zero-order valence-corrected chi connectivity index (χ0v) is 15.0.